The number of carbonyl (C=O) groups is 1. The van der Waals surface area contributed by atoms with Crippen LogP contribution < -0.4 is 5.32 Å². The molecule has 0 aromatic heterocycles. The summed E-state index contributed by atoms with van der Waals surface area (Å²) >= 11 is 0. The zero-order valence-corrected chi connectivity index (χ0v) is 11.7. The standard InChI is InChI=1S/C15H14F3N3O/c16-15(17,18)13-5-10(2-1-9(13)7-19)20-11-6-14(22)21(8-11)12-3-4-12/h1-2,5,11-12,20H,3-4,6,8H2. The minimum Gasteiger partial charge on any atom is -0.380 e. The number of hydrogen-bond donors (Lipinski definition) is 1. The van der Waals surface area contributed by atoms with Crippen molar-refractivity contribution in [3.8, 4) is 6.07 Å². The molecule has 1 aliphatic carbocycles. The quantitative estimate of drug-likeness (QED) is 0.934. The van der Waals surface area contributed by atoms with E-state index in [1.54, 1.807) is 11.0 Å². The van der Waals surface area contributed by atoms with Crippen LogP contribution in [0.25, 0.3) is 0 Å². The fourth-order valence-electron chi connectivity index (χ4n) is 2.77. The van der Waals surface area contributed by atoms with Gasteiger partial charge in [-0.05, 0) is 31.0 Å². The molecule has 1 heterocycles. The van der Waals surface area contributed by atoms with Gasteiger partial charge in [-0.15, -0.1) is 0 Å². The normalized spacial score (nSPS) is 21.8. The molecule has 1 N–H and O–H groups in total. The Labute approximate surface area is 125 Å². The number of amides is 1. The van der Waals surface area contributed by atoms with Crippen LogP contribution in [0.3, 0.4) is 0 Å². The van der Waals surface area contributed by atoms with Gasteiger partial charge >= 0.3 is 6.18 Å². The monoisotopic (exact) mass is 309 g/mol. The summed E-state index contributed by atoms with van der Waals surface area (Å²) in [6, 6.07) is 5.20. The highest BCUT2D eigenvalue weighted by molar-refractivity contribution is 5.80. The van der Waals surface area contributed by atoms with Crippen LogP contribution in [0, 0.1) is 11.3 Å². The fourth-order valence-corrected chi connectivity index (χ4v) is 2.77. The molecule has 1 aromatic carbocycles. The number of benzene rings is 1. The van der Waals surface area contributed by atoms with E-state index in [0.29, 0.717) is 12.6 Å². The molecule has 1 aliphatic heterocycles. The number of carbonyl (C=O) groups excluding carboxylic acids is 1. The highest BCUT2D eigenvalue weighted by Crippen LogP contribution is 2.35. The number of alkyl halides is 3. The molecule has 1 amide bonds. The van der Waals surface area contributed by atoms with E-state index in [1.165, 1.54) is 6.07 Å². The van der Waals surface area contributed by atoms with Crippen LogP contribution in [0.2, 0.25) is 0 Å². The van der Waals surface area contributed by atoms with Crippen molar-refractivity contribution in [1.82, 2.24) is 4.90 Å². The molecule has 0 spiro atoms. The topological polar surface area (TPSA) is 56.1 Å². The molecule has 1 atom stereocenters. The van der Waals surface area contributed by atoms with E-state index in [2.05, 4.69) is 5.32 Å². The number of hydrogen-bond acceptors (Lipinski definition) is 3. The van der Waals surface area contributed by atoms with Crippen LogP contribution in [0.4, 0.5) is 18.9 Å². The summed E-state index contributed by atoms with van der Waals surface area (Å²) in [4.78, 5) is 13.6. The zero-order chi connectivity index (χ0) is 15.9. The van der Waals surface area contributed by atoms with Gasteiger partial charge in [0.2, 0.25) is 5.91 Å². The Hall–Kier alpha value is -2.23. The average molecular weight is 309 g/mol. The SMILES string of the molecule is N#Cc1ccc(NC2CC(=O)N(C3CC3)C2)cc1C(F)(F)F. The molecule has 3 rings (SSSR count). The summed E-state index contributed by atoms with van der Waals surface area (Å²) in [5, 5.41) is 11.7. The summed E-state index contributed by atoms with van der Waals surface area (Å²) in [5.74, 6) is 0.0460. The van der Waals surface area contributed by atoms with E-state index in [1.807, 2.05) is 0 Å². The third-order valence-electron chi connectivity index (χ3n) is 3.96. The smallest absolute Gasteiger partial charge is 0.380 e. The van der Waals surface area contributed by atoms with Gasteiger partial charge < -0.3 is 10.2 Å². The lowest BCUT2D eigenvalue weighted by Gasteiger charge is -2.18. The first-order valence-corrected chi connectivity index (χ1v) is 7.06. The summed E-state index contributed by atoms with van der Waals surface area (Å²) < 4.78 is 38.8. The highest BCUT2D eigenvalue weighted by atomic mass is 19.4. The van der Waals surface area contributed by atoms with Crippen LogP contribution in [0.15, 0.2) is 18.2 Å². The first-order chi connectivity index (χ1) is 10.4. The third kappa shape index (κ3) is 2.86. The van der Waals surface area contributed by atoms with E-state index in [9.17, 15) is 18.0 Å². The molecule has 0 bridgehead atoms. The van der Waals surface area contributed by atoms with Gasteiger partial charge in [-0.2, -0.15) is 18.4 Å². The number of nitrogens with zero attached hydrogens (tertiary/aromatic N) is 2. The molecule has 7 heteroatoms. The van der Waals surface area contributed by atoms with Crippen LogP contribution in [0.5, 0.6) is 0 Å². The van der Waals surface area contributed by atoms with Gasteiger partial charge in [0.05, 0.1) is 23.2 Å². The maximum atomic E-state index is 12.9. The van der Waals surface area contributed by atoms with Crippen LogP contribution in [-0.4, -0.2) is 29.4 Å². The highest BCUT2D eigenvalue weighted by Gasteiger charge is 2.39. The second-order valence-electron chi connectivity index (χ2n) is 5.69. The lowest BCUT2D eigenvalue weighted by Crippen LogP contribution is -2.29. The Balaban J connectivity index is 1.76. The first kappa shape index (κ1) is 14.7. The summed E-state index contributed by atoms with van der Waals surface area (Å²) in [6.07, 6.45) is -2.27. The van der Waals surface area contributed by atoms with E-state index >= 15 is 0 Å². The second-order valence-corrected chi connectivity index (χ2v) is 5.69. The number of halogens is 3. The van der Waals surface area contributed by atoms with Crippen molar-refractivity contribution in [1.29, 1.82) is 5.26 Å². The van der Waals surface area contributed by atoms with E-state index in [-0.39, 0.29) is 24.1 Å². The Kier molecular flexibility index (Phi) is 3.47. The molecule has 0 radical (unpaired) electrons. The maximum Gasteiger partial charge on any atom is 0.417 e. The molecule has 22 heavy (non-hydrogen) atoms. The van der Waals surface area contributed by atoms with Crippen molar-refractivity contribution in [2.24, 2.45) is 0 Å². The van der Waals surface area contributed by atoms with Crippen molar-refractivity contribution in [3.05, 3.63) is 29.3 Å². The number of likely N-dealkylation sites (tertiary alicyclic amines) is 1. The van der Waals surface area contributed by atoms with Crippen LogP contribution in [-0.2, 0) is 11.0 Å². The number of rotatable bonds is 3. The van der Waals surface area contributed by atoms with Crippen molar-refractivity contribution in [2.45, 2.75) is 37.5 Å². The van der Waals surface area contributed by atoms with Gasteiger partial charge in [0, 0.05) is 24.7 Å². The largest absolute Gasteiger partial charge is 0.417 e. The molecule has 1 saturated heterocycles. The molecule has 1 aromatic rings. The van der Waals surface area contributed by atoms with Crippen LogP contribution >= 0.6 is 0 Å². The number of nitriles is 1. The maximum absolute atomic E-state index is 12.9. The first-order valence-electron chi connectivity index (χ1n) is 7.06. The fraction of sp³-hybridized carbons (Fsp3) is 0.467. The van der Waals surface area contributed by atoms with Crippen molar-refractivity contribution >= 4 is 11.6 Å². The van der Waals surface area contributed by atoms with Gasteiger partial charge in [0.15, 0.2) is 0 Å². The second kappa shape index (κ2) is 5.20. The Morgan fingerprint density at radius 1 is 1.32 bits per heavy atom. The van der Waals surface area contributed by atoms with Gasteiger partial charge in [0.25, 0.3) is 0 Å². The lowest BCUT2D eigenvalue weighted by molar-refractivity contribution is -0.137. The minimum atomic E-state index is -4.58. The molecule has 116 valence electrons. The molecule has 2 fully saturated rings. The molecular weight excluding hydrogens is 295 g/mol. The summed E-state index contributed by atoms with van der Waals surface area (Å²) in [5.41, 5.74) is -1.08. The third-order valence-corrected chi connectivity index (χ3v) is 3.96. The lowest BCUT2D eigenvalue weighted by atomic mass is 10.1. The minimum absolute atomic E-state index is 0.0460. The number of nitrogens with one attached hydrogen (secondary N) is 1. The van der Waals surface area contributed by atoms with E-state index in [0.717, 1.165) is 25.0 Å². The Morgan fingerprint density at radius 2 is 2.05 bits per heavy atom. The van der Waals surface area contributed by atoms with Crippen molar-refractivity contribution in [2.75, 3.05) is 11.9 Å². The average Bonchev–Trinajstić information content (AvgIpc) is 3.22. The van der Waals surface area contributed by atoms with Crippen molar-refractivity contribution in [3.63, 3.8) is 0 Å². The predicted molar refractivity (Wildman–Crippen MR) is 72.9 cm³/mol. The number of anilines is 1. The van der Waals surface area contributed by atoms with Gasteiger partial charge in [-0.25, -0.2) is 0 Å². The van der Waals surface area contributed by atoms with Gasteiger partial charge in [0.1, 0.15) is 0 Å². The van der Waals surface area contributed by atoms with E-state index in [4.69, 9.17) is 5.26 Å². The van der Waals surface area contributed by atoms with E-state index < -0.39 is 17.3 Å². The zero-order valence-electron chi connectivity index (χ0n) is 11.7. The van der Waals surface area contributed by atoms with Gasteiger partial charge in [-0.1, -0.05) is 0 Å². The molecule has 1 unspecified atom stereocenters. The summed E-state index contributed by atoms with van der Waals surface area (Å²) in [6.45, 7) is 0.519. The Bertz CT molecular complexity index is 646. The molecule has 1 saturated carbocycles. The van der Waals surface area contributed by atoms with Gasteiger partial charge in [-0.3, -0.25) is 4.79 Å². The predicted octanol–water partition coefficient (Wildman–Crippen LogP) is 2.75. The molecule has 2 aliphatic rings. The summed E-state index contributed by atoms with van der Waals surface area (Å²) in [7, 11) is 0. The van der Waals surface area contributed by atoms with Crippen LogP contribution in [0.1, 0.15) is 30.4 Å². The Morgan fingerprint density at radius 3 is 2.64 bits per heavy atom. The molecule has 4 nitrogen and oxygen atoms in total. The molecular formula is C15H14F3N3O. The van der Waals surface area contributed by atoms with Crippen molar-refractivity contribution < 1.29 is 18.0 Å².